The lowest BCUT2D eigenvalue weighted by Gasteiger charge is -2.08. The van der Waals surface area contributed by atoms with Gasteiger partial charge in [-0.3, -0.25) is 0 Å². The molecule has 0 aromatic heterocycles. The summed E-state index contributed by atoms with van der Waals surface area (Å²) in [6.45, 7) is 6.40. The van der Waals surface area contributed by atoms with E-state index < -0.39 is 0 Å². The van der Waals surface area contributed by atoms with Gasteiger partial charge >= 0.3 is 0 Å². The van der Waals surface area contributed by atoms with Crippen LogP contribution < -0.4 is 5.73 Å². The maximum absolute atomic E-state index is 6.02. The van der Waals surface area contributed by atoms with Gasteiger partial charge in [0.25, 0.3) is 0 Å². The molecule has 0 bridgehead atoms. The molecule has 0 saturated heterocycles. The summed E-state index contributed by atoms with van der Waals surface area (Å²) >= 11 is 7.51. The molecule has 0 aliphatic rings. The molecule has 1 nitrogen and oxygen atoms in total. The van der Waals surface area contributed by atoms with Gasteiger partial charge in [0.2, 0.25) is 0 Å². The van der Waals surface area contributed by atoms with E-state index in [-0.39, 0.29) is 0 Å². The lowest BCUT2D eigenvalue weighted by Crippen LogP contribution is -1.95. The van der Waals surface area contributed by atoms with Gasteiger partial charge in [0, 0.05) is 10.7 Å². The zero-order valence-electron chi connectivity index (χ0n) is 10.4. The molecule has 17 heavy (non-hydrogen) atoms. The molecule has 0 spiro atoms. The van der Waals surface area contributed by atoms with Crippen molar-refractivity contribution in [3.8, 4) is 0 Å². The van der Waals surface area contributed by atoms with Crippen LogP contribution in [0.2, 0.25) is 5.02 Å². The van der Waals surface area contributed by atoms with Crippen LogP contribution in [0.3, 0.4) is 0 Å². The van der Waals surface area contributed by atoms with Crippen molar-refractivity contribution >= 4 is 29.1 Å². The van der Waals surface area contributed by atoms with Gasteiger partial charge in [0.15, 0.2) is 0 Å². The SMILES string of the molecule is C/C=C(\S/C=C(\N)c1ccc(Cl)cc1)C(C)C. The Kier molecular flexibility index (Phi) is 5.66. The lowest BCUT2D eigenvalue weighted by molar-refractivity contribution is 0.815. The van der Waals surface area contributed by atoms with E-state index in [2.05, 4.69) is 26.8 Å². The first-order valence-electron chi connectivity index (χ1n) is 5.59. The molecule has 0 aliphatic heterocycles. The quantitative estimate of drug-likeness (QED) is 0.841. The molecule has 0 aliphatic carbocycles. The predicted octanol–water partition coefficient (Wildman–Crippen LogP) is 4.89. The highest BCUT2D eigenvalue weighted by molar-refractivity contribution is 8.06. The second-order valence-electron chi connectivity index (χ2n) is 4.04. The van der Waals surface area contributed by atoms with E-state index in [1.165, 1.54) is 4.91 Å². The van der Waals surface area contributed by atoms with Crippen molar-refractivity contribution in [1.29, 1.82) is 0 Å². The Morgan fingerprint density at radius 1 is 1.29 bits per heavy atom. The summed E-state index contributed by atoms with van der Waals surface area (Å²) in [5.74, 6) is 0.527. The average molecular weight is 268 g/mol. The van der Waals surface area contributed by atoms with Crippen molar-refractivity contribution < 1.29 is 0 Å². The Morgan fingerprint density at radius 3 is 2.35 bits per heavy atom. The minimum atomic E-state index is 0.527. The Labute approximate surface area is 113 Å². The van der Waals surface area contributed by atoms with Gasteiger partial charge in [-0.2, -0.15) is 0 Å². The van der Waals surface area contributed by atoms with Crippen LogP contribution in [-0.2, 0) is 0 Å². The molecule has 0 unspecified atom stereocenters. The minimum Gasteiger partial charge on any atom is -0.398 e. The number of rotatable bonds is 4. The highest BCUT2D eigenvalue weighted by Crippen LogP contribution is 2.27. The topological polar surface area (TPSA) is 26.0 Å². The van der Waals surface area contributed by atoms with Crippen LogP contribution in [0.5, 0.6) is 0 Å². The standard InChI is InChI=1S/C14H18ClNS/c1-4-14(10(2)3)17-9-13(16)11-5-7-12(15)8-6-11/h4-10H,16H2,1-3H3/b13-9-,14-4-. The molecular formula is C14H18ClNS. The van der Waals surface area contributed by atoms with Crippen molar-refractivity contribution in [2.45, 2.75) is 20.8 Å². The zero-order valence-corrected chi connectivity index (χ0v) is 12.0. The third kappa shape index (κ3) is 4.49. The molecule has 3 heteroatoms. The summed E-state index contributed by atoms with van der Waals surface area (Å²) in [5, 5.41) is 2.71. The minimum absolute atomic E-state index is 0.527. The highest BCUT2D eigenvalue weighted by Gasteiger charge is 2.02. The summed E-state index contributed by atoms with van der Waals surface area (Å²) in [6.07, 6.45) is 2.13. The van der Waals surface area contributed by atoms with Gasteiger partial charge in [0.05, 0.1) is 0 Å². The van der Waals surface area contributed by atoms with Gasteiger partial charge in [-0.25, -0.2) is 0 Å². The third-order valence-electron chi connectivity index (χ3n) is 2.35. The smallest absolute Gasteiger partial charge is 0.0455 e. The van der Waals surface area contributed by atoms with E-state index in [0.717, 1.165) is 16.3 Å². The molecule has 0 saturated carbocycles. The van der Waals surface area contributed by atoms with Crippen LogP contribution in [0.15, 0.2) is 40.7 Å². The first-order chi connectivity index (χ1) is 8.04. The summed E-state index contributed by atoms with van der Waals surface area (Å²) in [4.78, 5) is 1.32. The van der Waals surface area contributed by atoms with Crippen LogP contribution in [0.1, 0.15) is 26.3 Å². The van der Waals surface area contributed by atoms with Crippen LogP contribution >= 0.6 is 23.4 Å². The van der Waals surface area contributed by atoms with Crippen molar-refractivity contribution in [1.82, 2.24) is 0 Å². The van der Waals surface area contributed by atoms with Crippen molar-refractivity contribution in [2.24, 2.45) is 11.7 Å². The molecule has 1 aromatic rings. The average Bonchev–Trinajstić information content (AvgIpc) is 2.30. The van der Waals surface area contributed by atoms with Crippen molar-refractivity contribution in [3.05, 3.63) is 51.2 Å². The number of nitrogens with two attached hydrogens (primary N) is 1. The first kappa shape index (κ1) is 14.2. The number of halogens is 1. The fraction of sp³-hybridized carbons (Fsp3) is 0.286. The van der Waals surface area contributed by atoms with E-state index in [1.807, 2.05) is 29.7 Å². The molecule has 1 rings (SSSR count). The lowest BCUT2D eigenvalue weighted by atomic mass is 10.2. The Morgan fingerprint density at radius 2 is 1.88 bits per heavy atom. The fourth-order valence-electron chi connectivity index (χ4n) is 1.38. The number of hydrogen-bond acceptors (Lipinski definition) is 2. The van der Waals surface area contributed by atoms with Crippen LogP contribution in [-0.4, -0.2) is 0 Å². The van der Waals surface area contributed by atoms with Gasteiger partial charge in [-0.05, 0) is 40.9 Å². The van der Waals surface area contributed by atoms with E-state index in [0.29, 0.717) is 5.92 Å². The molecule has 1 aromatic carbocycles. The Bertz CT molecular complexity index is 418. The third-order valence-corrected chi connectivity index (χ3v) is 3.96. The largest absolute Gasteiger partial charge is 0.398 e. The molecule has 0 heterocycles. The monoisotopic (exact) mass is 267 g/mol. The molecule has 0 fully saturated rings. The maximum Gasteiger partial charge on any atom is 0.0455 e. The normalized spacial score (nSPS) is 13.2. The maximum atomic E-state index is 6.02. The summed E-state index contributed by atoms with van der Waals surface area (Å²) in [5.41, 5.74) is 7.79. The summed E-state index contributed by atoms with van der Waals surface area (Å²) in [6, 6.07) is 7.56. The van der Waals surface area contributed by atoms with Crippen LogP contribution in [0.4, 0.5) is 0 Å². The van der Waals surface area contributed by atoms with E-state index in [1.54, 1.807) is 11.8 Å². The number of thioether (sulfide) groups is 1. The Balaban J connectivity index is 2.76. The van der Waals surface area contributed by atoms with Gasteiger partial charge in [-0.1, -0.05) is 43.7 Å². The number of benzene rings is 1. The van der Waals surface area contributed by atoms with Crippen LogP contribution in [0, 0.1) is 5.92 Å². The second-order valence-corrected chi connectivity index (χ2v) is 5.42. The van der Waals surface area contributed by atoms with Crippen LogP contribution in [0.25, 0.3) is 5.70 Å². The Hall–Kier alpha value is -0.860. The van der Waals surface area contributed by atoms with Crippen molar-refractivity contribution in [3.63, 3.8) is 0 Å². The fourth-order valence-corrected chi connectivity index (χ4v) is 2.31. The predicted molar refractivity (Wildman–Crippen MR) is 79.8 cm³/mol. The van der Waals surface area contributed by atoms with E-state index >= 15 is 0 Å². The van der Waals surface area contributed by atoms with Gasteiger partial charge < -0.3 is 5.73 Å². The van der Waals surface area contributed by atoms with Gasteiger partial charge in [0.1, 0.15) is 0 Å². The molecule has 2 N–H and O–H groups in total. The molecular weight excluding hydrogens is 250 g/mol. The summed E-state index contributed by atoms with van der Waals surface area (Å²) in [7, 11) is 0. The molecule has 0 amide bonds. The second kappa shape index (κ2) is 6.77. The number of hydrogen-bond donors (Lipinski definition) is 1. The van der Waals surface area contributed by atoms with Gasteiger partial charge in [-0.15, -0.1) is 11.8 Å². The highest BCUT2D eigenvalue weighted by atomic mass is 35.5. The molecule has 92 valence electrons. The molecule has 0 radical (unpaired) electrons. The summed E-state index contributed by atoms with van der Waals surface area (Å²) < 4.78 is 0. The van der Waals surface area contributed by atoms with E-state index in [4.69, 9.17) is 17.3 Å². The molecule has 0 atom stereocenters. The number of allylic oxidation sites excluding steroid dienone is 2. The zero-order chi connectivity index (χ0) is 12.8. The first-order valence-corrected chi connectivity index (χ1v) is 6.84. The van der Waals surface area contributed by atoms with Crippen molar-refractivity contribution in [2.75, 3.05) is 0 Å². The van der Waals surface area contributed by atoms with E-state index in [9.17, 15) is 0 Å².